The number of anilines is 1. The molecule has 2 aromatic carbocycles. The molecule has 98 valence electrons. The number of rotatable bonds is 2. The summed E-state index contributed by atoms with van der Waals surface area (Å²) >= 11 is 3.38. The van der Waals surface area contributed by atoms with Gasteiger partial charge < -0.3 is 10.4 Å². The second-order valence-corrected chi connectivity index (χ2v) is 5.33. The fourth-order valence-electron chi connectivity index (χ4n) is 1.76. The van der Waals surface area contributed by atoms with Gasteiger partial charge in [-0.2, -0.15) is 0 Å². The van der Waals surface area contributed by atoms with Gasteiger partial charge in [-0.05, 0) is 61.4 Å². The van der Waals surface area contributed by atoms with Crippen LogP contribution in [-0.2, 0) is 0 Å². The van der Waals surface area contributed by atoms with Crippen LogP contribution in [0.2, 0.25) is 0 Å². The molecule has 3 nitrogen and oxygen atoms in total. The Kier molecular flexibility index (Phi) is 3.90. The van der Waals surface area contributed by atoms with E-state index in [2.05, 4.69) is 21.2 Å². The molecular formula is C15H14BrNO2. The van der Waals surface area contributed by atoms with E-state index >= 15 is 0 Å². The van der Waals surface area contributed by atoms with E-state index in [-0.39, 0.29) is 11.7 Å². The Labute approximate surface area is 120 Å². The van der Waals surface area contributed by atoms with Crippen molar-refractivity contribution in [1.82, 2.24) is 0 Å². The Morgan fingerprint density at radius 1 is 1.11 bits per heavy atom. The Balaban J connectivity index is 2.23. The zero-order valence-electron chi connectivity index (χ0n) is 10.7. The molecule has 4 heteroatoms. The molecule has 2 rings (SSSR count). The highest BCUT2D eigenvalue weighted by atomic mass is 79.9. The summed E-state index contributed by atoms with van der Waals surface area (Å²) in [5.41, 5.74) is 2.97. The molecule has 2 N–H and O–H groups in total. The lowest BCUT2D eigenvalue weighted by atomic mass is 10.1. The van der Waals surface area contributed by atoms with Gasteiger partial charge in [0.05, 0.1) is 0 Å². The number of carbonyl (C=O) groups excluding carboxylic acids is 1. The summed E-state index contributed by atoms with van der Waals surface area (Å²) in [7, 11) is 0. The van der Waals surface area contributed by atoms with E-state index in [1.807, 2.05) is 25.1 Å². The first-order valence-corrected chi connectivity index (χ1v) is 6.64. The molecule has 0 fully saturated rings. The molecule has 0 spiro atoms. The average Bonchev–Trinajstić information content (AvgIpc) is 2.36. The standard InChI is InChI=1S/C15H14BrNO2/c1-9-8-12(16)4-5-13(9)17-15(19)11-3-6-14(18)10(2)7-11/h3-8,18H,1-2H3,(H,17,19). The molecule has 0 heterocycles. The maximum absolute atomic E-state index is 12.1. The second kappa shape index (κ2) is 5.45. The van der Waals surface area contributed by atoms with Gasteiger partial charge in [0.25, 0.3) is 5.91 Å². The van der Waals surface area contributed by atoms with Gasteiger partial charge in [0.2, 0.25) is 0 Å². The first kappa shape index (κ1) is 13.6. The van der Waals surface area contributed by atoms with E-state index in [1.54, 1.807) is 19.1 Å². The Morgan fingerprint density at radius 3 is 2.47 bits per heavy atom. The lowest BCUT2D eigenvalue weighted by Gasteiger charge is -2.09. The van der Waals surface area contributed by atoms with Crippen molar-refractivity contribution in [2.45, 2.75) is 13.8 Å². The van der Waals surface area contributed by atoms with E-state index < -0.39 is 0 Å². The molecule has 19 heavy (non-hydrogen) atoms. The molecule has 0 aliphatic carbocycles. The van der Waals surface area contributed by atoms with Crippen molar-refractivity contribution in [2.75, 3.05) is 5.32 Å². The fourth-order valence-corrected chi connectivity index (χ4v) is 2.23. The van der Waals surface area contributed by atoms with E-state index in [4.69, 9.17) is 0 Å². The molecule has 1 amide bonds. The summed E-state index contributed by atoms with van der Waals surface area (Å²) in [4.78, 5) is 12.1. The molecule has 0 aromatic heterocycles. The van der Waals surface area contributed by atoms with Crippen molar-refractivity contribution in [1.29, 1.82) is 0 Å². The van der Waals surface area contributed by atoms with Crippen LogP contribution < -0.4 is 5.32 Å². The van der Waals surface area contributed by atoms with Crippen LogP contribution in [0.1, 0.15) is 21.5 Å². The number of aryl methyl sites for hydroxylation is 2. The van der Waals surface area contributed by atoms with Gasteiger partial charge in [-0.15, -0.1) is 0 Å². The highest BCUT2D eigenvalue weighted by molar-refractivity contribution is 9.10. The number of hydrogen-bond donors (Lipinski definition) is 2. The zero-order chi connectivity index (χ0) is 14.0. The molecule has 0 bridgehead atoms. The Morgan fingerprint density at radius 2 is 1.84 bits per heavy atom. The molecule has 0 aliphatic rings. The molecule has 0 saturated carbocycles. The van der Waals surface area contributed by atoms with Gasteiger partial charge >= 0.3 is 0 Å². The molecule has 0 atom stereocenters. The minimum atomic E-state index is -0.187. The fraction of sp³-hybridized carbons (Fsp3) is 0.133. The minimum Gasteiger partial charge on any atom is -0.508 e. The van der Waals surface area contributed by atoms with Crippen LogP contribution in [0.4, 0.5) is 5.69 Å². The predicted octanol–water partition coefficient (Wildman–Crippen LogP) is 4.02. The second-order valence-electron chi connectivity index (χ2n) is 4.41. The van der Waals surface area contributed by atoms with Gasteiger partial charge in [0.1, 0.15) is 5.75 Å². The van der Waals surface area contributed by atoms with Gasteiger partial charge in [-0.1, -0.05) is 15.9 Å². The number of phenolic OH excluding ortho intramolecular Hbond substituents is 1. The zero-order valence-corrected chi connectivity index (χ0v) is 12.3. The predicted molar refractivity (Wildman–Crippen MR) is 79.7 cm³/mol. The largest absolute Gasteiger partial charge is 0.508 e. The normalized spacial score (nSPS) is 10.3. The number of phenols is 1. The molecule has 2 aromatic rings. The summed E-state index contributed by atoms with van der Waals surface area (Å²) in [6, 6.07) is 10.5. The van der Waals surface area contributed by atoms with E-state index in [0.29, 0.717) is 11.1 Å². The number of amides is 1. The topological polar surface area (TPSA) is 49.3 Å². The molecule has 0 saturated heterocycles. The van der Waals surface area contributed by atoms with Crippen LogP contribution in [-0.4, -0.2) is 11.0 Å². The van der Waals surface area contributed by atoms with Crippen LogP contribution in [0.25, 0.3) is 0 Å². The summed E-state index contributed by atoms with van der Waals surface area (Å²) < 4.78 is 0.975. The Bertz CT molecular complexity index is 638. The maximum atomic E-state index is 12.1. The molecule has 0 aliphatic heterocycles. The quantitative estimate of drug-likeness (QED) is 0.878. The number of benzene rings is 2. The van der Waals surface area contributed by atoms with E-state index in [0.717, 1.165) is 15.7 Å². The monoisotopic (exact) mass is 319 g/mol. The summed E-state index contributed by atoms with van der Waals surface area (Å²) in [5, 5.41) is 12.3. The third-order valence-corrected chi connectivity index (χ3v) is 3.39. The smallest absolute Gasteiger partial charge is 0.255 e. The highest BCUT2D eigenvalue weighted by Gasteiger charge is 2.09. The van der Waals surface area contributed by atoms with Gasteiger partial charge in [0.15, 0.2) is 0 Å². The van der Waals surface area contributed by atoms with Crippen LogP contribution in [0.5, 0.6) is 5.75 Å². The minimum absolute atomic E-state index is 0.187. The van der Waals surface area contributed by atoms with Crippen molar-refractivity contribution in [3.8, 4) is 5.75 Å². The van der Waals surface area contributed by atoms with E-state index in [9.17, 15) is 9.90 Å². The van der Waals surface area contributed by atoms with Gasteiger partial charge in [-0.25, -0.2) is 0 Å². The number of carbonyl (C=O) groups is 1. The molecule has 0 radical (unpaired) electrons. The van der Waals surface area contributed by atoms with Crippen LogP contribution in [0.3, 0.4) is 0 Å². The lowest BCUT2D eigenvalue weighted by Crippen LogP contribution is -2.12. The highest BCUT2D eigenvalue weighted by Crippen LogP contribution is 2.22. The number of nitrogens with one attached hydrogen (secondary N) is 1. The summed E-state index contributed by atoms with van der Waals surface area (Å²) in [6.45, 7) is 3.69. The first-order valence-electron chi connectivity index (χ1n) is 5.84. The van der Waals surface area contributed by atoms with Crippen molar-refractivity contribution in [3.05, 3.63) is 57.6 Å². The van der Waals surface area contributed by atoms with Crippen molar-refractivity contribution >= 4 is 27.5 Å². The van der Waals surface area contributed by atoms with Crippen molar-refractivity contribution < 1.29 is 9.90 Å². The van der Waals surface area contributed by atoms with E-state index in [1.165, 1.54) is 6.07 Å². The van der Waals surface area contributed by atoms with Gasteiger partial charge in [-0.3, -0.25) is 4.79 Å². The number of halogens is 1. The maximum Gasteiger partial charge on any atom is 0.255 e. The lowest BCUT2D eigenvalue weighted by molar-refractivity contribution is 0.102. The molecular weight excluding hydrogens is 306 g/mol. The SMILES string of the molecule is Cc1cc(C(=O)Nc2ccc(Br)cc2C)ccc1O. The summed E-state index contributed by atoms with van der Waals surface area (Å²) in [5.74, 6) is 0.00453. The third kappa shape index (κ3) is 3.15. The van der Waals surface area contributed by atoms with Crippen molar-refractivity contribution in [3.63, 3.8) is 0 Å². The van der Waals surface area contributed by atoms with Crippen LogP contribution >= 0.6 is 15.9 Å². The van der Waals surface area contributed by atoms with Crippen molar-refractivity contribution in [2.24, 2.45) is 0 Å². The number of hydrogen-bond acceptors (Lipinski definition) is 2. The average molecular weight is 320 g/mol. The third-order valence-electron chi connectivity index (χ3n) is 2.90. The first-order chi connectivity index (χ1) is 8.97. The summed E-state index contributed by atoms with van der Waals surface area (Å²) in [6.07, 6.45) is 0. The van der Waals surface area contributed by atoms with Crippen LogP contribution in [0.15, 0.2) is 40.9 Å². The number of aromatic hydroxyl groups is 1. The Hall–Kier alpha value is -1.81. The molecule has 0 unspecified atom stereocenters. The van der Waals surface area contributed by atoms with Gasteiger partial charge in [0, 0.05) is 15.7 Å². The van der Waals surface area contributed by atoms with Crippen LogP contribution in [0, 0.1) is 13.8 Å².